The van der Waals surface area contributed by atoms with Crippen molar-refractivity contribution in [1.82, 2.24) is 0 Å². The lowest BCUT2D eigenvalue weighted by Crippen LogP contribution is -2.33. The van der Waals surface area contributed by atoms with Gasteiger partial charge in [0.05, 0.1) is 0 Å². The van der Waals surface area contributed by atoms with Crippen LogP contribution in [0.2, 0.25) is 6.55 Å². The summed E-state index contributed by atoms with van der Waals surface area (Å²) in [5.41, 5.74) is 2.11. The Kier molecular flexibility index (Phi) is 5.01. The van der Waals surface area contributed by atoms with Gasteiger partial charge in [-0.1, -0.05) is 30.4 Å². The molecule has 0 saturated carbocycles. The monoisotopic (exact) mass is 224 g/mol. The molecule has 0 radical (unpaired) electrons. The van der Waals surface area contributed by atoms with Gasteiger partial charge in [-0.2, -0.15) is 0 Å². The Labute approximate surface area is 93.5 Å². The molecule has 0 aliphatic heterocycles. The van der Waals surface area contributed by atoms with E-state index in [-0.39, 0.29) is 0 Å². The van der Waals surface area contributed by atoms with Gasteiger partial charge in [0.25, 0.3) is 0 Å². The van der Waals surface area contributed by atoms with Gasteiger partial charge < -0.3 is 8.85 Å². The highest BCUT2D eigenvalue weighted by molar-refractivity contribution is 6.71. The van der Waals surface area contributed by atoms with Crippen LogP contribution in [0.3, 0.4) is 0 Å². The van der Waals surface area contributed by atoms with Crippen LogP contribution >= 0.6 is 0 Å². The molecular weight excluding hydrogens is 204 g/mol. The van der Waals surface area contributed by atoms with Gasteiger partial charge in [-0.05, 0) is 31.0 Å². The van der Waals surface area contributed by atoms with Crippen LogP contribution in [0.15, 0.2) is 36.1 Å². The minimum atomic E-state index is -1.99. The first-order valence-electron chi connectivity index (χ1n) is 5.33. The molecule has 0 heterocycles. The topological polar surface area (TPSA) is 18.5 Å². The maximum atomic E-state index is 5.36. The zero-order chi connectivity index (χ0) is 11.1. The molecule has 0 N–H and O–H groups in total. The second-order valence-corrected chi connectivity index (χ2v) is 7.02. The SMILES string of the molecule is CO[Si](C)(/C=C/CCC1C=CC=C1)OC. The number of hydrogen-bond donors (Lipinski definition) is 0. The van der Waals surface area contributed by atoms with Crippen molar-refractivity contribution >= 4 is 8.56 Å². The van der Waals surface area contributed by atoms with Crippen molar-refractivity contribution in [2.75, 3.05) is 14.2 Å². The van der Waals surface area contributed by atoms with Crippen LogP contribution in [0, 0.1) is 5.92 Å². The van der Waals surface area contributed by atoms with E-state index >= 15 is 0 Å². The molecule has 0 saturated heterocycles. The lowest BCUT2D eigenvalue weighted by atomic mass is 10.1. The van der Waals surface area contributed by atoms with Crippen LogP contribution in [-0.2, 0) is 8.85 Å². The van der Waals surface area contributed by atoms with Gasteiger partial charge in [-0.25, -0.2) is 0 Å². The molecule has 1 rings (SSSR count). The lowest BCUT2D eigenvalue weighted by Gasteiger charge is -2.18. The highest BCUT2D eigenvalue weighted by atomic mass is 28.4. The van der Waals surface area contributed by atoms with Crippen molar-refractivity contribution < 1.29 is 8.85 Å². The van der Waals surface area contributed by atoms with Gasteiger partial charge in [0, 0.05) is 14.2 Å². The van der Waals surface area contributed by atoms with E-state index in [1.165, 1.54) is 6.42 Å². The molecule has 2 nitrogen and oxygen atoms in total. The summed E-state index contributed by atoms with van der Waals surface area (Å²) in [4.78, 5) is 0. The first-order chi connectivity index (χ1) is 7.20. The van der Waals surface area contributed by atoms with Crippen LogP contribution in [0.5, 0.6) is 0 Å². The third-order valence-corrected chi connectivity index (χ3v) is 5.19. The molecule has 0 atom stereocenters. The van der Waals surface area contributed by atoms with E-state index in [1.54, 1.807) is 14.2 Å². The fraction of sp³-hybridized carbons (Fsp3) is 0.500. The zero-order valence-electron chi connectivity index (χ0n) is 9.77. The van der Waals surface area contributed by atoms with Gasteiger partial charge >= 0.3 is 8.56 Å². The summed E-state index contributed by atoms with van der Waals surface area (Å²) in [6.07, 6.45) is 13.1. The van der Waals surface area contributed by atoms with E-state index in [0.29, 0.717) is 5.92 Å². The van der Waals surface area contributed by atoms with Crippen LogP contribution in [0.4, 0.5) is 0 Å². The Morgan fingerprint density at radius 1 is 1.20 bits per heavy atom. The number of allylic oxidation sites excluding steroid dienone is 5. The first-order valence-corrected chi connectivity index (χ1v) is 7.72. The third kappa shape index (κ3) is 4.16. The van der Waals surface area contributed by atoms with E-state index < -0.39 is 8.56 Å². The van der Waals surface area contributed by atoms with Crippen molar-refractivity contribution in [3.63, 3.8) is 0 Å². The molecule has 84 valence electrons. The molecule has 0 aromatic rings. The normalized spacial score (nSPS) is 17.0. The van der Waals surface area contributed by atoms with Crippen LogP contribution in [-0.4, -0.2) is 22.8 Å². The molecule has 0 aromatic heterocycles. The van der Waals surface area contributed by atoms with Gasteiger partial charge in [0.1, 0.15) is 0 Å². The van der Waals surface area contributed by atoms with Crippen molar-refractivity contribution in [2.45, 2.75) is 19.4 Å². The van der Waals surface area contributed by atoms with Gasteiger partial charge in [-0.15, -0.1) is 0 Å². The Bertz CT molecular complexity index is 253. The zero-order valence-corrected chi connectivity index (χ0v) is 10.8. The molecule has 0 unspecified atom stereocenters. The van der Waals surface area contributed by atoms with Gasteiger partial charge in [0.15, 0.2) is 0 Å². The Morgan fingerprint density at radius 2 is 1.80 bits per heavy atom. The highest BCUT2D eigenvalue weighted by Crippen LogP contribution is 2.16. The summed E-state index contributed by atoms with van der Waals surface area (Å²) in [7, 11) is 1.43. The fourth-order valence-electron chi connectivity index (χ4n) is 1.48. The molecule has 0 fully saturated rings. The van der Waals surface area contributed by atoms with E-state index in [4.69, 9.17) is 8.85 Å². The summed E-state index contributed by atoms with van der Waals surface area (Å²) in [5, 5.41) is 0. The summed E-state index contributed by atoms with van der Waals surface area (Å²) < 4.78 is 10.7. The van der Waals surface area contributed by atoms with Crippen molar-refractivity contribution in [3.8, 4) is 0 Å². The van der Waals surface area contributed by atoms with Crippen molar-refractivity contribution in [3.05, 3.63) is 36.1 Å². The molecular formula is C12H20O2Si. The minimum Gasteiger partial charge on any atom is -0.395 e. The van der Waals surface area contributed by atoms with Crippen molar-refractivity contribution in [1.29, 1.82) is 0 Å². The van der Waals surface area contributed by atoms with Gasteiger partial charge in [-0.3, -0.25) is 0 Å². The Morgan fingerprint density at radius 3 is 2.33 bits per heavy atom. The van der Waals surface area contributed by atoms with E-state index in [0.717, 1.165) is 6.42 Å². The molecule has 15 heavy (non-hydrogen) atoms. The van der Waals surface area contributed by atoms with Gasteiger partial charge in [0.2, 0.25) is 0 Å². The second kappa shape index (κ2) is 6.05. The quantitative estimate of drug-likeness (QED) is 0.646. The average molecular weight is 224 g/mol. The maximum absolute atomic E-state index is 5.36. The first kappa shape index (κ1) is 12.4. The highest BCUT2D eigenvalue weighted by Gasteiger charge is 2.24. The molecule has 1 aliphatic rings. The molecule has 3 heteroatoms. The lowest BCUT2D eigenvalue weighted by molar-refractivity contribution is 0.264. The predicted octanol–water partition coefficient (Wildman–Crippen LogP) is 2.97. The second-order valence-electron chi connectivity index (χ2n) is 3.84. The summed E-state index contributed by atoms with van der Waals surface area (Å²) in [6, 6.07) is 0. The standard InChI is InChI=1S/C12H20O2Si/c1-13-15(3,14-2)11-7-6-10-12-8-4-5-9-12/h4-5,7-9,11-12H,6,10H2,1-3H3/b11-7+. The minimum absolute atomic E-state index is 0.618. The molecule has 0 amide bonds. The molecule has 0 spiro atoms. The maximum Gasteiger partial charge on any atom is 0.360 e. The number of rotatable bonds is 6. The van der Waals surface area contributed by atoms with Crippen LogP contribution < -0.4 is 0 Å². The largest absolute Gasteiger partial charge is 0.395 e. The molecule has 1 aliphatic carbocycles. The summed E-state index contributed by atoms with van der Waals surface area (Å²) >= 11 is 0. The van der Waals surface area contributed by atoms with Crippen LogP contribution in [0.25, 0.3) is 0 Å². The number of hydrogen-bond acceptors (Lipinski definition) is 2. The third-order valence-electron chi connectivity index (χ3n) is 2.73. The summed E-state index contributed by atoms with van der Waals surface area (Å²) in [6.45, 7) is 2.04. The fourth-order valence-corrected chi connectivity index (χ4v) is 2.51. The molecule has 0 aromatic carbocycles. The van der Waals surface area contributed by atoms with E-state index in [9.17, 15) is 0 Å². The Hall–Kier alpha value is -0.643. The Balaban J connectivity index is 2.26. The average Bonchev–Trinajstić information content (AvgIpc) is 2.77. The van der Waals surface area contributed by atoms with E-state index in [1.807, 2.05) is 6.55 Å². The summed E-state index contributed by atoms with van der Waals surface area (Å²) in [5.74, 6) is 0.618. The molecule has 0 bridgehead atoms. The van der Waals surface area contributed by atoms with E-state index in [2.05, 4.69) is 36.1 Å². The predicted molar refractivity (Wildman–Crippen MR) is 65.8 cm³/mol. The smallest absolute Gasteiger partial charge is 0.360 e. The van der Waals surface area contributed by atoms with Crippen molar-refractivity contribution in [2.24, 2.45) is 5.92 Å². The van der Waals surface area contributed by atoms with Crippen LogP contribution in [0.1, 0.15) is 12.8 Å².